The molecule has 0 aromatic carbocycles. The molecule has 0 radical (unpaired) electrons. The first kappa shape index (κ1) is 22.5. The monoisotopic (exact) mass is 475 g/mol. The number of nitro groups is 1. The lowest BCUT2D eigenvalue weighted by Crippen LogP contribution is -2.36. The van der Waals surface area contributed by atoms with Crippen molar-refractivity contribution in [1.29, 1.82) is 0 Å². The number of ether oxygens (including phenoxy) is 1. The summed E-state index contributed by atoms with van der Waals surface area (Å²) < 4.78 is 7.31. The van der Waals surface area contributed by atoms with E-state index in [4.69, 9.17) is 15.5 Å². The van der Waals surface area contributed by atoms with E-state index < -0.39 is 4.92 Å². The Balaban J connectivity index is 1.27. The maximum Gasteiger partial charge on any atom is 0.311 e. The highest BCUT2D eigenvalue weighted by atomic mass is 16.6. The van der Waals surface area contributed by atoms with Crippen molar-refractivity contribution < 1.29 is 9.66 Å². The van der Waals surface area contributed by atoms with Crippen molar-refractivity contribution >= 4 is 28.9 Å². The zero-order valence-corrected chi connectivity index (χ0v) is 19.0. The number of nitrogens with two attached hydrogens (primary N) is 1. The number of nitrogen functional groups attached to an aromatic ring is 1. The second-order valence-corrected chi connectivity index (χ2v) is 8.12. The Morgan fingerprint density at radius 2 is 2.00 bits per heavy atom. The predicted octanol–water partition coefficient (Wildman–Crippen LogP) is 2.56. The Morgan fingerprint density at radius 3 is 2.74 bits per heavy atom. The third kappa shape index (κ3) is 4.96. The predicted molar refractivity (Wildman–Crippen MR) is 131 cm³/mol. The molecule has 4 aromatic rings. The number of hydrogen-bond donors (Lipinski definition) is 2. The molecule has 12 heteroatoms. The molecule has 0 saturated carbocycles. The third-order valence-electron chi connectivity index (χ3n) is 5.82. The fourth-order valence-electron chi connectivity index (χ4n) is 3.99. The molecule has 35 heavy (non-hydrogen) atoms. The normalized spacial score (nSPS) is 13.8. The van der Waals surface area contributed by atoms with Gasteiger partial charge in [0.1, 0.15) is 11.5 Å². The van der Waals surface area contributed by atoms with Gasteiger partial charge >= 0.3 is 5.69 Å². The number of fused-ring (bicyclic) bond motifs is 1. The molecule has 1 fully saturated rings. The minimum absolute atomic E-state index is 0.0665. The van der Waals surface area contributed by atoms with E-state index in [0.717, 1.165) is 42.2 Å². The van der Waals surface area contributed by atoms with Gasteiger partial charge in [0.05, 0.1) is 23.8 Å². The fourth-order valence-corrected chi connectivity index (χ4v) is 3.99. The van der Waals surface area contributed by atoms with E-state index in [2.05, 4.69) is 25.2 Å². The van der Waals surface area contributed by atoms with Gasteiger partial charge in [0, 0.05) is 61.6 Å². The second kappa shape index (κ2) is 9.89. The number of nitrogens with one attached hydrogen (secondary N) is 1. The topological polar surface area (TPSA) is 150 Å². The van der Waals surface area contributed by atoms with Gasteiger partial charge in [-0.1, -0.05) is 0 Å². The number of imidazole rings is 1. The molecule has 0 spiro atoms. The van der Waals surface area contributed by atoms with Gasteiger partial charge in [0.25, 0.3) is 0 Å². The number of aryl methyl sites for hydroxylation is 1. The second-order valence-electron chi connectivity index (χ2n) is 8.12. The standard InChI is InChI=1S/C23H25N9O3/c24-22-19(32(33)34)5-4-17(28-22)2-1-7-26-23-29-18(14-21-25-8-9-31(21)23)16-3-6-20(27-15-16)30-10-12-35-13-11-30/h3-6,8-9,14-15H,1-2,7,10-13H2,(H2,24,28)(H,26,29). The molecule has 0 aliphatic carbocycles. The zero-order chi connectivity index (χ0) is 24.2. The molecular formula is C23H25N9O3. The van der Waals surface area contributed by atoms with E-state index in [0.29, 0.717) is 37.8 Å². The van der Waals surface area contributed by atoms with Crippen LogP contribution >= 0.6 is 0 Å². The number of morpholine rings is 1. The molecule has 1 aliphatic heterocycles. The minimum atomic E-state index is -0.533. The summed E-state index contributed by atoms with van der Waals surface area (Å²) in [6, 6.07) is 8.99. The number of aromatic nitrogens is 5. The Bertz CT molecular complexity index is 1330. The summed E-state index contributed by atoms with van der Waals surface area (Å²) in [5, 5.41) is 14.3. The van der Waals surface area contributed by atoms with Crippen LogP contribution < -0.4 is 16.0 Å². The number of pyridine rings is 2. The summed E-state index contributed by atoms with van der Waals surface area (Å²) in [5.41, 5.74) is 8.67. The van der Waals surface area contributed by atoms with Gasteiger partial charge in [0.15, 0.2) is 0 Å². The summed E-state index contributed by atoms with van der Waals surface area (Å²) in [4.78, 5) is 30.6. The molecule has 180 valence electrons. The fraction of sp³-hybridized carbons (Fsp3) is 0.304. The van der Waals surface area contributed by atoms with Gasteiger partial charge in [-0.05, 0) is 31.0 Å². The van der Waals surface area contributed by atoms with Gasteiger partial charge in [0.2, 0.25) is 11.8 Å². The molecule has 4 aromatic heterocycles. The van der Waals surface area contributed by atoms with Crippen LogP contribution in [0.4, 0.5) is 23.3 Å². The smallest absolute Gasteiger partial charge is 0.311 e. The first-order valence-corrected chi connectivity index (χ1v) is 11.4. The first-order chi connectivity index (χ1) is 17.1. The molecular weight excluding hydrogens is 450 g/mol. The van der Waals surface area contributed by atoms with Crippen molar-refractivity contribution in [2.24, 2.45) is 0 Å². The molecule has 0 bridgehead atoms. The molecule has 1 saturated heterocycles. The third-order valence-corrected chi connectivity index (χ3v) is 5.82. The van der Waals surface area contributed by atoms with Crippen LogP contribution in [0.1, 0.15) is 12.1 Å². The first-order valence-electron chi connectivity index (χ1n) is 11.4. The summed E-state index contributed by atoms with van der Waals surface area (Å²) in [6.07, 6.45) is 6.78. The molecule has 0 atom stereocenters. The Morgan fingerprint density at radius 1 is 1.14 bits per heavy atom. The lowest BCUT2D eigenvalue weighted by Gasteiger charge is -2.27. The van der Waals surface area contributed by atoms with Crippen molar-refractivity contribution in [1.82, 2.24) is 24.3 Å². The zero-order valence-electron chi connectivity index (χ0n) is 19.0. The summed E-state index contributed by atoms with van der Waals surface area (Å²) in [6.45, 7) is 3.71. The Labute approximate surface area is 201 Å². The highest BCUT2D eigenvalue weighted by molar-refractivity contribution is 5.66. The van der Waals surface area contributed by atoms with Crippen LogP contribution in [0.5, 0.6) is 0 Å². The lowest BCUT2D eigenvalue weighted by atomic mass is 10.2. The van der Waals surface area contributed by atoms with Crippen LogP contribution in [0, 0.1) is 10.1 Å². The Hall–Kier alpha value is -4.32. The van der Waals surface area contributed by atoms with Gasteiger partial charge in [-0.3, -0.25) is 14.5 Å². The molecule has 0 amide bonds. The molecule has 5 heterocycles. The van der Waals surface area contributed by atoms with Gasteiger partial charge < -0.3 is 20.7 Å². The van der Waals surface area contributed by atoms with E-state index in [-0.39, 0.29) is 11.5 Å². The Kier molecular flexibility index (Phi) is 6.35. The quantitative estimate of drug-likeness (QED) is 0.221. The molecule has 3 N–H and O–H groups in total. The average molecular weight is 476 g/mol. The van der Waals surface area contributed by atoms with E-state index in [1.165, 1.54) is 6.07 Å². The molecule has 1 aliphatic rings. The van der Waals surface area contributed by atoms with Crippen LogP contribution in [-0.4, -0.2) is 62.1 Å². The van der Waals surface area contributed by atoms with Gasteiger partial charge in [-0.25, -0.2) is 19.9 Å². The van der Waals surface area contributed by atoms with E-state index in [1.54, 1.807) is 12.3 Å². The van der Waals surface area contributed by atoms with Crippen molar-refractivity contribution in [2.45, 2.75) is 12.8 Å². The summed E-state index contributed by atoms with van der Waals surface area (Å²) in [7, 11) is 0. The van der Waals surface area contributed by atoms with Crippen LogP contribution in [0.3, 0.4) is 0 Å². The van der Waals surface area contributed by atoms with Crippen LogP contribution in [-0.2, 0) is 11.2 Å². The highest BCUT2D eigenvalue weighted by Crippen LogP contribution is 2.23. The van der Waals surface area contributed by atoms with Crippen molar-refractivity contribution in [3.63, 3.8) is 0 Å². The number of rotatable bonds is 8. The van der Waals surface area contributed by atoms with Crippen LogP contribution in [0.25, 0.3) is 16.9 Å². The van der Waals surface area contributed by atoms with E-state index in [9.17, 15) is 10.1 Å². The number of anilines is 3. The van der Waals surface area contributed by atoms with Crippen LogP contribution in [0.2, 0.25) is 0 Å². The van der Waals surface area contributed by atoms with Crippen molar-refractivity contribution in [3.8, 4) is 11.3 Å². The van der Waals surface area contributed by atoms with E-state index >= 15 is 0 Å². The van der Waals surface area contributed by atoms with Gasteiger partial charge in [-0.2, -0.15) is 0 Å². The lowest BCUT2D eigenvalue weighted by molar-refractivity contribution is -0.384. The van der Waals surface area contributed by atoms with Crippen molar-refractivity contribution in [2.75, 3.05) is 48.8 Å². The largest absolute Gasteiger partial charge is 0.378 e. The number of hydrogen-bond acceptors (Lipinski definition) is 10. The van der Waals surface area contributed by atoms with E-state index in [1.807, 2.05) is 35.0 Å². The molecule has 5 rings (SSSR count). The SMILES string of the molecule is Nc1nc(CCCNc2nc(-c3ccc(N4CCOCC4)nc3)cc3nccn23)ccc1[N+](=O)[O-]. The average Bonchev–Trinajstić information content (AvgIpc) is 3.36. The molecule has 12 nitrogen and oxygen atoms in total. The maximum atomic E-state index is 10.9. The summed E-state index contributed by atoms with van der Waals surface area (Å²) >= 11 is 0. The number of nitrogens with zero attached hydrogens (tertiary/aromatic N) is 7. The van der Waals surface area contributed by atoms with Gasteiger partial charge in [-0.15, -0.1) is 0 Å². The van der Waals surface area contributed by atoms with Crippen LogP contribution in [0.15, 0.2) is 48.9 Å². The highest BCUT2D eigenvalue weighted by Gasteiger charge is 2.15. The summed E-state index contributed by atoms with van der Waals surface area (Å²) in [5.74, 6) is 1.53. The van der Waals surface area contributed by atoms with Crippen molar-refractivity contribution in [3.05, 3.63) is 64.7 Å². The molecule has 0 unspecified atom stereocenters. The minimum Gasteiger partial charge on any atom is -0.378 e. The maximum absolute atomic E-state index is 10.9.